The molecule has 0 spiro atoms. The second-order valence-corrected chi connectivity index (χ2v) is 3.95. The Morgan fingerprint density at radius 2 is 1.88 bits per heavy atom. The number of anilines is 2. The molecule has 1 heterocycles. The van der Waals surface area contributed by atoms with Crippen LogP contribution in [0.5, 0.6) is 0 Å². The van der Waals surface area contributed by atoms with Crippen LogP contribution in [0.25, 0.3) is 0 Å². The third kappa shape index (κ3) is 2.60. The van der Waals surface area contributed by atoms with Crippen molar-refractivity contribution in [2.24, 2.45) is 5.73 Å². The first kappa shape index (κ1) is 11.5. The minimum absolute atomic E-state index is 0.428. The molecule has 0 fully saturated rings. The summed E-state index contributed by atoms with van der Waals surface area (Å²) in [6.07, 6.45) is 1.73. The van der Waals surface area contributed by atoms with Crippen molar-refractivity contribution in [1.82, 2.24) is 9.97 Å². The lowest BCUT2D eigenvalue weighted by atomic mass is 10.2. The third-order valence-electron chi connectivity index (χ3n) is 2.63. The highest BCUT2D eigenvalue weighted by Gasteiger charge is 2.06. The number of hydrogen-bond acceptors (Lipinski definition) is 4. The molecule has 0 atom stereocenters. The van der Waals surface area contributed by atoms with Crippen molar-refractivity contribution in [2.45, 2.75) is 13.5 Å². The van der Waals surface area contributed by atoms with Crippen LogP contribution in [0.3, 0.4) is 0 Å². The minimum Gasteiger partial charge on any atom is -0.325 e. The Kier molecular flexibility index (Phi) is 3.35. The lowest BCUT2D eigenvalue weighted by molar-refractivity contribution is 0.938. The lowest BCUT2D eigenvalue weighted by Crippen LogP contribution is -2.14. The molecule has 1 aromatic carbocycles. The van der Waals surface area contributed by atoms with Gasteiger partial charge in [0.1, 0.15) is 0 Å². The Labute approximate surface area is 101 Å². The zero-order chi connectivity index (χ0) is 12.3. The summed E-state index contributed by atoms with van der Waals surface area (Å²) in [5, 5.41) is 0. The summed E-state index contributed by atoms with van der Waals surface area (Å²) >= 11 is 0. The van der Waals surface area contributed by atoms with Crippen LogP contribution >= 0.6 is 0 Å². The highest BCUT2D eigenvalue weighted by molar-refractivity contribution is 5.56. The molecule has 0 bridgehead atoms. The SMILES string of the molecule is Cc1ccc(N(C)c2nccc(CN)n2)cc1. The summed E-state index contributed by atoms with van der Waals surface area (Å²) in [5.41, 5.74) is 8.71. The number of benzene rings is 1. The third-order valence-corrected chi connectivity index (χ3v) is 2.63. The highest BCUT2D eigenvalue weighted by atomic mass is 15.2. The van der Waals surface area contributed by atoms with Crippen molar-refractivity contribution < 1.29 is 0 Å². The number of nitrogens with zero attached hydrogens (tertiary/aromatic N) is 3. The van der Waals surface area contributed by atoms with Crippen molar-refractivity contribution in [1.29, 1.82) is 0 Å². The van der Waals surface area contributed by atoms with Crippen molar-refractivity contribution >= 4 is 11.6 Å². The molecule has 4 heteroatoms. The standard InChI is InChI=1S/C13H16N4/c1-10-3-5-12(6-4-10)17(2)13-15-8-7-11(9-14)16-13/h3-8H,9,14H2,1-2H3. The van der Waals surface area contributed by atoms with Crippen molar-refractivity contribution in [3.63, 3.8) is 0 Å². The van der Waals surface area contributed by atoms with Gasteiger partial charge < -0.3 is 10.6 Å². The zero-order valence-electron chi connectivity index (χ0n) is 10.1. The monoisotopic (exact) mass is 228 g/mol. The molecular weight excluding hydrogens is 212 g/mol. The number of nitrogens with two attached hydrogens (primary N) is 1. The van der Waals surface area contributed by atoms with Gasteiger partial charge in [0, 0.05) is 25.5 Å². The summed E-state index contributed by atoms with van der Waals surface area (Å²) in [6.45, 7) is 2.49. The summed E-state index contributed by atoms with van der Waals surface area (Å²) in [7, 11) is 1.94. The van der Waals surface area contributed by atoms with E-state index in [0.29, 0.717) is 12.5 Å². The number of aromatic nitrogens is 2. The molecule has 2 rings (SSSR count). The van der Waals surface area contributed by atoms with E-state index >= 15 is 0 Å². The maximum atomic E-state index is 5.57. The fraction of sp³-hybridized carbons (Fsp3) is 0.231. The van der Waals surface area contributed by atoms with Crippen LogP contribution < -0.4 is 10.6 Å². The maximum Gasteiger partial charge on any atom is 0.229 e. The van der Waals surface area contributed by atoms with Crippen molar-refractivity contribution in [2.75, 3.05) is 11.9 Å². The quantitative estimate of drug-likeness (QED) is 0.873. The van der Waals surface area contributed by atoms with Gasteiger partial charge in [0.25, 0.3) is 0 Å². The molecule has 0 saturated carbocycles. The van der Waals surface area contributed by atoms with Crippen molar-refractivity contribution in [3.8, 4) is 0 Å². The fourth-order valence-electron chi connectivity index (χ4n) is 1.54. The molecule has 88 valence electrons. The first-order valence-corrected chi connectivity index (χ1v) is 5.53. The van der Waals surface area contributed by atoms with Crippen molar-refractivity contribution in [3.05, 3.63) is 47.8 Å². The van der Waals surface area contributed by atoms with Crippen LogP contribution in [0.4, 0.5) is 11.6 Å². The van der Waals surface area contributed by atoms with Gasteiger partial charge >= 0.3 is 0 Å². The fourth-order valence-corrected chi connectivity index (χ4v) is 1.54. The van der Waals surface area contributed by atoms with E-state index in [2.05, 4.69) is 29.0 Å². The largest absolute Gasteiger partial charge is 0.325 e. The normalized spacial score (nSPS) is 10.3. The van der Waals surface area contributed by atoms with Gasteiger partial charge in [-0.2, -0.15) is 0 Å². The predicted octanol–water partition coefficient (Wildman–Crippen LogP) is 2.01. The van der Waals surface area contributed by atoms with E-state index in [0.717, 1.165) is 11.4 Å². The van der Waals surface area contributed by atoms with Gasteiger partial charge in [-0.25, -0.2) is 9.97 Å². The maximum absolute atomic E-state index is 5.57. The second-order valence-electron chi connectivity index (χ2n) is 3.95. The highest BCUT2D eigenvalue weighted by Crippen LogP contribution is 2.19. The Morgan fingerprint density at radius 1 is 1.18 bits per heavy atom. The van der Waals surface area contributed by atoms with E-state index in [4.69, 9.17) is 5.73 Å². The van der Waals surface area contributed by atoms with Gasteiger partial charge in [-0.3, -0.25) is 0 Å². The molecule has 0 aliphatic carbocycles. The van der Waals surface area contributed by atoms with Crippen LogP contribution in [0.15, 0.2) is 36.5 Å². The zero-order valence-corrected chi connectivity index (χ0v) is 10.1. The van der Waals surface area contributed by atoms with Crippen LogP contribution in [0, 0.1) is 6.92 Å². The van der Waals surface area contributed by atoms with Crippen LogP contribution in [0.2, 0.25) is 0 Å². The predicted molar refractivity (Wildman–Crippen MR) is 69.2 cm³/mol. The molecule has 2 aromatic rings. The molecule has 1 aromatic heterocycles. The second kappa shape index (κ2) is 4.93. The smallest absolute Gasteiger partial charge is 0.229 e. The van der Waals surface area contributed by atoms with Gasteiger partial charge in [0.15, 0.2) is 0 Å². The summed E-state index contributed by atoms with van der Waals surface area (Å²) in [4.78, 5) is 10.6. The number of rotatable bonds is 3. The molecule has 4 nitrogen and oxygen atoms in total. The topological polar surface area (TPSA) is 55.0 Å². The van der Waals surface area contributed by atoms with Gasteiger partial charge in [-0.05, 0) is 25.1 Å². The van der Waals surface area contributed by atoms with E-state index < -0.39 is 0 Å². The van der Waals surface area contributed by atoms with Crippen LogP contribution in [-0.2, 0) is 6.54 Å². The first-order valence-electron chi connectivity index (χ1n) is 5.53. The molecule has 2 N–H and O–H groups in total. The van der Waals surface area contributed by atoms with Crippen LogP contribution in [0.1, 0.15) is 11.3 Å². The minimum atomic E-state index is 0.428. The molecular formula is C13H16N4. The van der Waals surface area contributed by atoms with Gasteiger partial charge in [-0.1, -0.05) is 17.7 Å². The molecule has 0 saturated heterocycles. The van der Waals surface area contributed by atoms with E-state index in [9.17, 15) is 0 Å². The lowest BCUT2D eigenvalue weighted by Gasteiger charge is -2.17. The molecule has 17 heavy (non-hydrogen) atoms. The summed E-state index contributed by atoms with van der Waals surface area (Å²) < 4.78 is 0. The summed E-state index contributed by atoms with van der Waals surface area (Å²) in [6, 6.07) is 10.1. The molecule has 0 amide bonds. The Hall–Kier alpha value is -1.94. The van der Waals surface area contributed by atoms with Gasteiger partial charge in [0.05, 0.1) is 5.69 Å². The molecule has 0 aliphatic heterocycles. The van der Waals surface area contributed by atoms with E-state index in [1.54, 1.807) is 6.20 Å². The number of hydrogen-bond donors (Lipinski definition) is 1. The van der Waals surface area contributed by atoms with E-state index in [1.807, 2.05) is 30.1 Å². The number of aryl methyl sites for hydroxylation is 1. The molecule has 0 unspecified atom stereocenters. The molecule has 0 aliphatic rings. The van der Waals surface area contributed by atoms with Gasteiger partial charge in [-0.15, -0.1) is 0 Å². The molecule has 0 radical (unpaired) electrons. The average molecular weight is 228 g/mol. The van der Waals surface area contributed by atoms with Crippen LogP contribution in [-0.4, -0.2) is 17.0 Å². The first-order chi connectivity index (χ1) is 8.20. The Balaban J connectivity index is 2.29. The summed E-state index contributed by atoms with van der Waals surface area (Å²) in [5.74, 6) is 0.664. The Bertz CT molecular complexity index is 493. The average Bonchev–Trinajstić information content (AvgIpc) is 2.39. The van der Waals surface area contributed by atoms with Gasteiger partial charge in [0.2, 0.25) is 5.95 Å². The van der Waals surface area contributed by atoms with E-state index in [-0.39, 0.29) is 0 Å². The Morgan fingerprint density at radius 3 is 2.53 bits per heavy atom. The van der Waals surface area contributed by atoms with E-state index in [1.165, 1.54) is 5.56 Å².